The summed E-state index contributed by atoms with van der Waals surface area (Å²) < 4.78 is 5.91. The summed E-state index contributed by atoms with van der Waals surface area (Å²) in [6, 6.07) is 0. The maximum atomic E-state index is 5.91. The van der Waals surface area contributed by atoms with Crippen LogP contribution in [0.3, 0.4) is 0 Å². The van der Waals surface area contributed by atoms with E-state index >= 15 is 0 Å². The lowest BCUT2D eigenvalue weighted by Gasteiger charge is -2.58. The largest absolute Gasteiger partial charge is 0.378 e. The molecule has 1 nitrogen and oxygen atoms in total. The summed E-state index contributed by atoms with van der Waals surface area (Å²) in [5, 5.41) is 0. The molecular weight excluding hydrogens is 208 g/mol. The Kier molecular flexibility index (Phi) is 2.19. The average Bonchev–Trinajstić information content (AvgIpc) is 3.01. The Morgan fingerprint density at radius 2 is 1.65 bits per heavy atom. The zero-order valence-corrected chi connectivity index (χ0v) is 12.2. The fourth-order valence-electron chi connectivity index (χ4n) is 5.89. The van der Waals surface area contributed by atoms with Gasteiger partial charge in [-0.3, -0.25) is 0 Å². The Labute approximate surface area is 106 Å². The van der Waals surface area contributed by atoms with E-state index in [1.807, 2.05) is 7.11 Å². The summed E-state index contributed by atoms with van der Waals surface area (Å²) in [6.07, 6.45) is 8.36. The van der Waals surface area contributed by atoms with E-state index in [9.17, 15) is 0 Å². The van der Waals surface area contributed by atoms with Gasteiger partial charge >= 0.3 is 0 Å². The molecule has 0 saturated heterocycles. The number of rotatable bonds is 1. The van der Waals surface area contributed by atoms with Crippen molar-refractivity contribution < 1.29 is 4.74 Å². The van der Waals surface area contributed by atoms with Crippen LogP contribution in [0.4, 0.5) is 0 Å². The minimum Gasteiger partial charge on any atom is -0.378 e. The zero-order valence-electron chi connectivity index (χ0n) is 12.2. The van der Waals surface area contributed by atoms with Crippen LogP contribution in [0.25, 0.3) is 0 Å². The fraction of sp³-hybridized carbons (Fsp3) is 1.00. The minimum absolute atomic E-state index is 0.161. The molecule has 1 spiro atoms. The van der Waals surface area contributed by atoms with Crippen LogP contribution in [0.2, 0.25) is 0 Å². The van der Waals surface area contributed by atoms with Crippen molar-refractivity contribution in [3.05, 3.63) is 0 Å². The van der Waals surface area contributed by atoms with E-state index in [0.29, 0.717) is 16.2 Å². The molecule has 3 aliphatic carbocycles. The van der Waals surface area contributed by atoms with Crippen molar-refractivity contribution in [2.24, 2.45) is 22.2 Å². The third-order valence-electron chi connectivity index (χ3n) is 7.15. The number of ether oxygens (including phenoxy) is 1. The average molecular weight is 236 g/mol. The lowest BCUT2D eigenvalue weighted by Crippen LogP contribution is -2.53. The van der Waals surface area contributed by atoms with Crippen LogP contribution in [0.15, 0.2) is 0 Å². The van der Waals surface area contributed by atoms with Crippen molar-refractivity contribution >= 4 is 0 Å². The van der Waals surface area contributed by atoms with E-state index in [4.69, 9.17) is 4.74 Å². The zero-order chi connectivity index (χ0) is 12.5. The van der Waals surface area contributed by atoms with Crippen molar-refractivity contribution in [2.75, 3.05) is 7.11 Å². The van der Waals surface area contributed by atoms with Crippen LogP contribution < -0.4 is 0 Å². The second-order valence-corrected chi connectivity index (χ2v) is 8.04. The maximum Gasteiger partial charge on any atom is 0.0684 e. The van der Waals surface area contributed by atoms with Gasteiger partial charge in [0.05, 0.1) is 5.60 Å². The van der Waals surface area contributed by atoms with Gasteiger partial charge in [-0.05, 0) is 61.2 Å². The molecule has 17 heavy (non-hydrogen) atoms. The van der Waals surface area contributed by atoms with E-state index < -0.39 is 0 Å². The van der Waals surface area contributed by atoms with Gasteiger partial charge in [-0.25, -0.2) is 0 Å². The molecule has 1 unspecified atom stereocenters. The van der Waals surface area contributed by atoms with Gasteiger partial charge in [0.2, 0.25) is 0 Å². The van der Waals surface area contributed by atoms with Crippen molar-refractivity contribution in [3.63, 3.8) is 0 Å². The highest BCUT2D eigenvalue weighted by atomic mass is 16.5. The molecule has 0 aliphatic heterocycles. The van der Waals surface area contributed by atoms with Crippen LogP contribution in [-0.4, -0.2) is 12.7 Å². The molecule has 0 heterocycles. The SMILES string of the molecule is COC1(C)CC[C@]2(C)CCCC(C)(C)[C@@]23C[C@@H]13. The molecular formula is C16H28O. The summed E-state index contributed by atoms with van der Waals surface area (Å²) >= 11 is 0. The molecule has 0 bridgehead atoms. The quantitative estimate of drug-likeness (QED) is 0.655. The van der Waals surface area contributed by atoms with Gasteiger partial charge < -0.3 is 4.74 Å². The first-order valence-electron chi connectivity index (χ1n) is 7.37. The van der Waals surface area contributed by atoms with Crippen LogP contribution >= 0.6 is 0 Å². The minimum atomic E-state index is 0.161. The fourth-order valence-corrected chi connectivity index (χ4v) is 5.89. The van der Waals surface area contributed by atoms with Gasteiger partial charge in [0.15, 0.2) is 0 Å². The number of methoxy groups -OCH3 is 1. The maximum absolute atomic E-state index is 5.91. The molecule has 0 radical (unpaired) electrons. The number of hydrogen-bond donors (Lipinski definition) is 0. The monoisotopic (exact) mass is 236 g/mol. The van der Waals surface area contributed by atoms with Crippen molar-refractivity contribution in [2.45, 2.75) is 71.8 Å². The highest BCUT2D eigenvalue weighted by Gasteiger charge is 2.77. The highest BCUT2D eigenvalue weighted by Crippen LogP contribution is 2.82. The van der Waals surface area contributed by atoms with E-state index in [-0.39, 0.29) is 5.60 Å². The molecule has 0 aromatic heterocycles. The van der Waals surface area contributed by atoms with Gasteiger partial charge in [-0.15, -0.1) is 0 Å². The molecule has 0 amide bonds. The van der Waals surface area contributed by atoms with E-state index in [1.165, 1.54) is 38.5 Å². The molecule has 3 saturated carbocycles. The molecule has 3 rings (SSSR count). The highest BCUT2D eigenvalue weighted by molar-refractivity contribution is 5.26. The number of hydrogen-bond acceptors (Lipinski definition) is 1. The Hall–Kier alpha value is -0.0400. The summed E-state index contributed by atoms with van der Waals surface area (Å²) in [5.74, 6) is 0.814. The van der Waals surface area contributed by atoms with Crippen LogP contribution in [0.5, 0.6) is 0 Å². The predicted molar refractivity (Wildman–Crippen MR) is 70.9 cm³/mol. The van der Waals surface area contributed by atoms with Crippen LogP contribution in [0, 0.1) is 22.2 Å². The summed E-state index contributed by atoms with van der Waals surface area (Å²) in [6.45, 7) is 9.97. The second kappa shape index (κ2) is 3.10. The molecule has 0 aromatic rings. The molecule has 0 aromatic carbocycles. The Balaban J connectivity index is 2.03. The van der Waals surface area contributed by atoms with Crippen molar-refractivity contribution in [1.29, 1.82) is 0 Å². The topological polar surface area (TPSA) is 9.23 Å². The third-order valence-corrected chi connectivity index (χ3v) is 7.15. The third kappa shape index (κ3) is 1.20. The van der Waals surface area contributed by atoms with Crippen LogP contribution in [0.1, 0.15) is 66.2 Å². The normalized spacial score (nSPS) is 55.9. The standard InChI is InChI=1S/C16H28O/c1-13(2)7-6-8-14(3)9-10-15(4,17-5)12-11-16(12,13)14/h12H,6-11H2,1-5H3/t12-,14-,15?,16-/m0/s1. The second-order valence-electron chi connectivity index (χ2n) is 8.04. The van der Waals surface area contributed by atoms with Gasteiger partial charge in [-0.2, -0.15) is 0 Å². The summed E-state index contributed by atoms with van der Waals surface area (Å²) in [4.78, 5) is 0. The van der Waals surface area contributed by atoms with Gasteiger partial charge in [0.1, 0.15) is 0 Å². The Morgan fingerprint density at radius 3 is 2.29 bits per heavy atom. The van der Waals surface area contributed by atoms with Crippen molar-refractivity contribution in [1.82, 2.24) is 0 Å². The van der Waals surface area contributed by atoms with Gasteiger partial charge in [0, 0.05) is 7.11 Å². The molecule has 98 valence electrons. The van der Waals surface area contributed by atoms with Crippen molar-refractivity contribution in [3.8, 4) is 0 Å². The molecule has 0 N–H and O–H groups in total. The smallest absolute Gasteiger partial charge is 0.0684 e. The van der Waals surface area contributed by atoms with E-state index in [1.54, 1.807) is 0 Å². The molecule has 3 aliphatic rings. The predicted octanol–water partition coefficient (Wildman–Crippen LogP) is 4.41. The lowest BCUT2D eigenvalue weighted by atomic mass is 9.48. The first-order valence-corrected chi connectivity index (χ1v) is 7.37. The first kappa shape index (κ1) is 12.0. The lowest BCUT2D eigenvalue weighted by molar-refractivity contribution is -0.136. The van der Waals surface area contributed by atoms with Gasteiger partial charge in [0.25, 0.3) is 0 Å². The summed E-state index contributed by atoms with van der Waals surface area (Å²) in [7, 11) is 1.92. The van der Waals surface area contributed by atoms with Gasteiger partial charge in [-0.1, -0.05) is 27.2 Å². The molecule has 3 fully saturated rings. The Morgan fingerprint density at radius 1 is 0.941 bits per heavy atom. The first-order chi connectivity index (χ1) is 7.81. The van der Waals surface area contributed by atoms with E-state index in [2.05, 4.69) is 27.7 Å². The summed E-state index contributed by atoms with van der Waals surface area (Å²) in [5.41, 5.74) is 1.86. The molecule has 1 heteroatoms. The molecule has 4 atom stereocenters. The van der Waals surface area contributed by atoms with Crippen LogP contribution in [-0.2, 0) is 4.74 Å². The Bertz CT molecular complexity index is 347. The van der Waals surface area contributed by atoms with E-state index in [0.717, 1.165) is 5.92 Å².